The first kappa shape index (κ1) is 13.7. The van der Waals surface area contributed by atoms with Gasteiger partial charge in [-0.05, 0) is 19.4 Å². The van der Waals surface area contributed by atoms with E-state index in [1.807, 2.05) is 30.3 Å². The van der Waals surface area contributed by atoms with Gasteiger partial charge in [0.25, 0.3) is 0 Å². The Bertz CT molecular complexity index is 362. The molecule has 0 spiro atoms. The maximum absolute atomic E-state index is 11.2. The van der Waals surface area contributed by atoms with E-state index in [0.717, 1.165) is 5.56 Å². The van der Waals surface area contributed by atoms with Crippen LogP contribution in [-0.4, -0.2) is 29.8 Å². The first-order chi connectivity index (χ1) is 7.97. The summed E-state index contributed by atoms with van der Waals surface area (Å²) in [4.78, 5) is 11.2. The van der Waals surface area contributed by atoms with Gasteiger partial charge >= 0.3 is 5.97 Å². The van der Waals surface area contributed by atoms with Crippen LogP contribution in [0.5, 0.6) is 0 Å². The molecule has 1 aromatic rings. The molecule has 0 aliphatic carbocycles. The Morgan fingerprint density at radius 1 is 1.41 bits per heavy atom. The topological polar surface area (TPSA) is 58.6 Å². The second kappa shape index (κ2) is 5.80. The fourth-order valence-corrected chi connectivity index (χ4v) is 1.56. The molecular formula is C13H19NO3. The minimum absolute atomic E-state index is 0.505. The molecule has 0 saturated heterocycles. The average Bonchev–Trinajstić information content (AvgIpc) is 2.30. The zero-order valence-corrected chi connectivity index (χ0v) is 10.4. The van der Waals surface area contributed by atoms with Gasteiger partial charge < -0.3 is 9.84 Å². The van der Waals surface area contributed by atoms with Crippen molar-refractivity contribution < 1.29 is 14.6 Å². The zero-order chi connectivity index (χ0) is 12.9. The summed E-state index contributed by atoms with van der Waals surface area (Å²) in [5.74, 6) is -0.909. The van der Waals surface area contributed by atoms with Crippen molar-refractivity contribution in [2.45, 2.75) is 32.0 Å². The highest BCUT2D eigenvalue weighted by Gasteiger charge is 2.34. The summed E-state index contributed by atoms with van der Waals surface area (Å²) < 4.78 is 5.21. The Morgan fingerprint density at radius 3 is 2.47 bits per heavy atom. The Labute approximate surface area is 102 Å². The third-order valence-electron chi connectivity index (χ3n) is 2.82. The van der Waals surface area contributed by atoms with E-state index in [0.29, 0.717) is 6.54 Å². The number of rotatable bonds is 6. The highest BCUT2D eigenvalue weighted by atomic mass is 16.5. The molecule has 1 rings (SSSR count). The first-order valence-electron chi connectivity index (χ1n) is 5.52. The predicted molar refractivity (Wildman–Crippen MR) is 65.8 cm³/mol. The minimum Gasteiger partial charge on any atom is -0.480 e. The molecule has 0 aromatic heterocycles. The van der Waals surface area contributed by atoms with Gasteiger partial charge in [0, 0.05) is 13.7 Å². The number of hydrogen-bond acceptors (Lipinski definition) is 3. The van der Waals surface area contributed by atoms with E-state index >= 15 is 0 Å². The van der Waals surface area contributed by atoms with Gasteiger partial charge in [0.1, 0.15) is 6.04 Å². The van der Waals surface area contributed by atoms with Gasteiger partial charge in [-0.1, -0.05) is 30.3 Å². The molecule has 1 aromatic carbocycles. The van der Waals surface area contributed by atoms with E-state index in [9.17, 15) is 9.90 Å². The van der Waals surface area contributed by atoms with Crippen LogP contribution in [0.4, 0.5) is 0 Å². The van der Waals surface area contributed by atoms with Crippen LogP contribution in [0, 0.1) is 0 Å². The van der Waals surface area contributed by atoms with Crippen molar-refractivity contribution in [3.63, 3.8) is 0 Å². The number of methoxy groups -OCH3 is 1. The Hall–Kier alpha value is -1.39. The summed E-state index contributed by atoms with van der Waals surface area (Å²) in [6, 6.07) is 8.93. The Kier molecular flexibility index (Phi) is 4.66. The van der Waals surface area contributed by atoms with Crippen molar-refractivity contribution in [2.75, 3.05) is 7.11 Å². The molecule has 0 fully saturated rings. The third kappa shape index (κ3) is 3.84. The van der Waals surface area contributed by atoms with Gasteiger partial charge in [-0.3, -0.25) is 10.1 Å². The Morgan fingerprint density at radius 2 is 2.00 bits per heavy atom. The summed E-state index contributed by atoms with van der Waals surface area (Å²) in [7, 11) is 1.51. The van der Waals surface area contributed by atoms with Gasteiger partial charge in [0.15, 0.2) is 0 Å². The van der Waals surface area contributed by atoms with Gasteiger partial charge in [-0.25, -0.2) is 0 Å². The maximum atomic E-state index is 11.2. The summed E-state index contributed by atoms with van der Waals surface area (Å²) in [6.45, 7) is 4.01. The fraction of sp³-hybridized carbons (Fsp3) is 0.462. The van der Waals surface area contributed by atoms with Crippen molar-refractivity contribution in [3.8, 4) is 0 Å². The van der Waals surface area contributed by atoms with Crippen molar-refractivity contribution >= 4 is 5.97 Å². The zero-order valence-electron chi connectivity index (χ0n) is 10.4. The molecule has 0 radical (unpaired) electrons. The lowest BCUT2D eigenvalue weighted by atomic mass is 9.98. The number of carboxylic acids is 1. The smallest absolute Gasteiger partial charge is 0.323 e. The summed E-state index contributed by atoms with van der Waals surface area (Å²) in [5.41, 5.74) is 0.298. The SMILES string of the molecule is COC(C)(C)[C@H](NCc1ccccc1)C(=O)O. The van der Waals surface area contributed by atoms with E-state index in [1.165, 1.54) is 7.11 Å². The van der Waals surface area contributed by atoms with Crippen molar-refractivity contribution in [1.82, 2.24) is 5.32 Å². The van der Waals surface area contributed by atoms with E-state index in [1.54, 1.807) is 13.8 Å². The monoisotopic (exact) mass is 237 g/mol. The molecule has 0 unspecified atom stereocenters. The molecule has 0 heterocycles. The third-order valence-corrected chi connectivity index (χ3v) is 2.82. The highest BCUT2D eigenvalue weighted by molar-refractivity contribution is 5.75. The average molecular weight is 237 g/mol. The normalized spacial score (nSPS) is 13.4. The second-order valence-electron chi connectivity index (χ2n) is 4.45. The molecular weight excluding hydrogens is 218 g/mol. The minimum atomic E-state index is -0.909. The van der Waals surface area contributed by atoms with Crippen LogP contribution in [0.15, 0.2) is 30.3 Å². The maximum Gasteiger partial charge on any atom is 0.323 e. The number of carbonyl (C=O) groups is 1. The molecule has 2 N–H and O–H groups in total. The number of nitrogens with one attached hydrogen (secondary N) is 1. The number of ether oxygens (including phenoxy) is 1. The van der Waals surface area contributed by atoms with Gasteiger partial charge in [0.05, 0.1) is 5.60 Å². The lowest BCUT2D eigenvalue weighted by molar-refractivity contribution is -0.147. The van der Waals surface area contributed by atoms with Gasteiger partial charge in [0.2, 0.25) is 0 Å². The van der Waals surface area contributed by atoms with E-state index in [4.69, 9.17) is 4.74 Å². The molecule has 0 aliphatic heterocycles. The van der Waals surface area contributed by atoms with E-state index < -0.39 is 17.6 Å². The quantitative estimate of drug-likeness (QED) is 0.790. The largest absolute Gasteiger partial charge is 0.480 e. The molecule has 4 nitrogen and oxygen atoms in total. The number of hydrogen-bond donors (Lipinski definition) is 2. The van der Waals surface area contributed by atoms with Crippen molar-refractivity contribution in [2.24, 2.45) is 0 Å². The lowest BCUT2D eigenvalue weighted by Crippen LogP contribution is -2.52. The van der Waals surface area contributed by atoms with Crippen LogP contribution in [-0.2, 0) is 16.1 Å². The predicted octanol–water partition coefficient (Wildman–Crippen LogP) is 1.65. The van der Waals surface area contributed by atoms with Crippen molar-refractivity contribution in [3.05, 3.63) is 35.9 Å². The van der Waals surface area contributed by atoms with E-state index in [-0.39, 0.29) is 0 Å². The fourth-order valence-electron chi connectivity index (χ4n) is 1.56. The van der Waals surface area contributed by atoms with Crippen LogP contribution in [0.2, 0.25) is 0 Å². The molecule has 0 aliphatic rings. The summed E-state index contributed by atoms with van der Waals surface area (Å²) in [5, 5.41) is 12.2. The van der Waals surface area contributed by atoms with Crippen LogP contribution in [0.1, 0.15) is 19.4 Å². The standard InChI is InChI=1S/C13H19NO3/c1-13(2,17-3)11(12(15)16)14-9-10-7-5-4-6-8-10/h4-8,11,14H,9H2,1-3H3,(H,15,16)/t11-/m1/s1. The molecule has 0 bridgehead atoms. The van der Waals surface area contributed by atoms with Gasteiger partial charge in [-0.15, -0.1) is 0 Å². The molecule has 1 atom stereocenters. The molecule has 94 valence electrons. The number of carboxylic acid groups (broad SMARTS) is 1. The molecule has 4 heteroatoms. The highest BCUT2D eigenvalue weighted by Crippen LogP contribution is 2.14. The Balaban J connectivity index is 2.66. The molecule has 17 heavy (non-hydrogen) atoms. The summed E-state index contributed by atoms with van der Waals surface area (Å²) >= 11 is 0. The van der Waals surface area contributed by atoms with Gasteiger partial charge in [-0.2, -0.15) is 0 Å². The second-order valence-corrected chi connectivity index (χ2v) is 4.45. The summed E-state index contributed by atoms with van der Waals surface area (Å²) in [6.07, 6.45) is 0. The van der Waals surface area contributed by atoms with Crippen LogP contribution in [0.3, 0.4) is 0 Å². The van der Waals surface area contributed by atoms with Crippen LogP contribution < -0.4 is 5.32 Å². The molecule has 0 amide bonds. The van der Waals surface area contributed by atoms with Crippen molar-refractivity contribution in [1.29, 1.82) is 0 Å². The van der Waals surface area contributed by atoms with Crippen LogP contribution in [0.25, 0.3) is 0 Å². The number of aliphatic carboxylic acids is 1. The van der Waals surface area contributed by atoms with E-state index in [2.05, 4.69) is 5.32 Å². The first-order valence-corrected chi connectivity index (χ1v) is 5.52. The number of benzene rings is 1. The lowest BCUT2D eigenvalue weighted by Gasteiger charge is -2.30. The van der Waals surface area contributed by atoms with Crippen LogP contribution >= 0.6 is 0 Å². The molecule has 0 saturated carbocycles.